The van der Waals surface area contributed by atoms with E-state index in [0.29, 0.717) is 18.2 Å². The van der Waals surface area contributed by atoms with E-state index >= 15 is 0 Å². The lowest BCUT2D eigenvalue weighted by Gasteiger charge is -2.46. The van der Waals surface area contributed by atoms with Crippen molar-refractivity contribution in [3.8, 4) is 0 Å². The van der Waals surface area contributed by atoms with E-state index in [9.17, 15) is 0 Å². The molecule has 0 spiro atoms. The first kappa shape index (κ1) is 19.6. The molecule has 2 aliphatic heterocycles. The summed E-state index contributed by atoms with van der Waals surface area (Å²) in [6, 6.07) is 11.1. The molecule has 2 atom stereocenters. The lowest BCUT2D eigenvalue weighted by atomic mass is 9.96. The van der Waals surface area contributed by atoms with Gasteiger partial charge in [0.15, 0.2) is 0 Å². The highest BCUT2D eigenvalue weighted by Crippen LogP contribution is 2.27. The first-order valence-corrected chi connectivity index (χ1v) is 10.7. The average Bonchev–Trinajstić information content (AvgIpc) is 2.76. The number of aromatic nitrogens is 2. The van der Waals surface area contributed by atoms with Crippen LogP contribution >= 0.6 is 11.6 Å². The number of hydrogen-bond acceptors (Lipinski definition) is 5. The van der Waals surface area contributed by atoms with Crippen molar-refractivity contribution in [3.63, 3.8) is 0 Å². The second-order valence-electron chi connectivity index (χ2n) is 7.81. The van der Waals surface area contributed by atoms with Gasteiger partial charge in [0.2, 0.25) is 5.95 Å². The molecule has 0 bridgehead atoms. The molecule has 1 aromatic heterocycles. The first-order valence-electron chi connectivity index (χ1n) is 10.4. The van der Waals surface area contributed by atoms with Crippen LogP contribution < -0.4 is 4.90 Å². The Balaban J connectivity index is 1.42. The van der Waals surface area contributed by atoms with Crippen LogP contribution in [-0.4, -0.2) is 59.3 Å². The Hall–Kier alpha value is -1.69. The Morgan fingerprint density at radius 3 is 2.50 bits per heavy atom. The minimum absolute atomic E-state index is 0.344. The number of ether oxygens (including phenoxy) is 1. The monoisotopic (exact) mass is 400 g/mol. The number of nitrogens with zero attached hydrogens (tertiary/aromatic N) is 4. The molecule has 2 aromatic rings. The molecule has 2 fully saturated rings. The number of halogens is 1. The summed E-state index contributed by atoms with van der Waals surface area (Å²) in [7, 11) is 0. The zero-order valence-electron chi connectivity index (χ0n) is 16.5. The molecule has 0 N–H and O–H groups in total. The van der Waals surface area contributed by atoms with Crippen molar-refractivity contribution in [3.05, 3.63) is 53.3 Å². The van der Waals surface area contributed by atoms with Gasteiger partial charge in [-0.25, -0.2) is 9.97 Å². The minimum Gasteiger partial charge on any atom is -0.375 e. The molecule has 5 nitrogen and oxygen atoms in total. The fraction of sp³-hybridized carbons (Fsp3) is 0.545. The lowest BCUT2D eigenvalue weighted by Crippen LogP contribution is -2.57. The van der Waals surface area contributed by atoms with Crippen molar-refractivity contribution in [1.82, 2.24) is 14.9 Å². The Bertz CT molecular complexity index is 734. The minimum atomic E-state index is 0.344. The van der Waals surface area contributed by atoms with Crippen molar-refractivity contribution in [1.29, 1.82) is 0 Å². The smallest absolute Gasteiger partial charge is 0.225 e. The van der Waals surface area contributed by atoms with Crippen LogP contribution in [0.2, 0.25) is 5.02 Å². The van der Waals surface area contributed by atoms with Gasteiger partial charge in [0.1, 0.15) is 0 Å². The molecule has 0 amide bonds. The first-order chi connectivity index (χ1) is 13.7. The van der Waals surface area contributed by atoms with E-state index in [1.807, 2.05) is 30.6 Å². The molecule has 0 aliphatic carbocycles. The van der Waals surface area contributed by atoms with Crippen molar-refractivity contribution in [2.45, 2.75) is 50.8 Å². The summed E-state index contributed by atoms with van der Waals surface area (Å²) in [5, 5.41) is 0.794. The molecule has 2 aliphatic rings. The number of piperidine rings is 1. The molecule has 28 heavy (non-hydrogen) atoms. The summed E-state index contributed by atoms with van der Waals surface area (Å²) in [6.45, 7) is 6.08. The van der Waals surface area contributed by atoms with Gasteiger partial charge in [-0.3, -0.25) is 4.90 Å². The zero-order chi connectivity index (χ0) is 19.3. The largest absolute Gasteiger partial charge is 0.375 e. The molecule has 0 unspecified atom stereocenters. The summed E-state index contributed by atoms with van der Waals surface area (Å²) >= 11 is 6.06. The van der Waals surface area contributed by atoms with E-state index < -0.39 is 0 Å². The molecular formula is C22H29ClN4O. The van der Waals surface area contributed by atoms with Gasteiger partial charge < -0.3 is 9.64 Å². The van der Waals surface area contributed by atoms with Gasteiger partial charge in [0.25, 0.3) is 0 Å². The van der Waals surface area contributed by atoms with E-state index in [2.05, 4.69) is 38.8 Å². The summed E-state index contributed by atoms with van der Waals surface area (Å²) in [5.74, 6) is 0.854. The number of rotatable bonds is 5. The fourth-order valence-corrected chi connectivity index (χ4v) is 4.52. The predicted molar refractivity (Wildman–Crippen MR) is 113 cm³/mol. The second kappa shape index (κ2) is 9.21. The van der Waals surface area contributed by atoms with Crippen LogP contribution in [0.1, 0.15) is 31.7 Å². The highest BCUT2D eigenvalue weighted by Gasteiger charge is 2.35. The Morgan fingerprint density at radius 1 is 1.11 bits per heavy atom. The molecular weight excluding hydrogens is 372 g/mol. The molecule has 2 saturated heterocycles. The number of benzene rings is 1. The van der Waals surface area contributed by atoms with Gasteiger partial charge in [-0.1, -0.05) is 30.7 Å². The Kier molecular flexibility index (Phi) is 6.45. The summed E-state index contributed by atoms with van der Waals surface area (Å²) < 4.78 is 6.15. The summed E-state index contributed by atoms with van der Waals surface area (Å²) in [5.41, 5.74) is 1.33. The topological polar surface area (TPSA) is 41.5 Å². The summed E-state index contributed by atoms with van der Waals surface area (Å²) in [4.78, 5) is 13.9. The van der Waals surface area contributed by atoms with Crippen LogP contribution in [0.5, 0.6) is 0 Å². The van der Waals surface area contributed by atoms with Crippen LogP contribution in [0, 0.1) is 0 Å². The maximum atomic E-state index is 6.15. The van der Waals surface area contributed by atoms with E-state index in [1.54, 1.807) is 0 Å². The van der Waals surface area contributed by atoms with Crippen molar-refractivity contribution in [2.24, 2.45) is 0 Å². The van der Waals surface area contributed by atoms with Gasteiger partial charge in [0, 0.05) is 49.1 Å². The van der Waals surface area contributed by atoms with Gasteiger partial charge in [-0.15, -0.1) is 0 Å². The third-order valence-corrected chi connectivity index (χ3v) is 6.27. The normalized spacial score (nSPS) is 24.4. The van der Waals surface area contributed by atoms with Crippen molar-refractivity contribution >= 4 is 17.5 Å². The van der Waals surface area contributed by atoms with Gasteiger partial charge in [-0.05, 0) is 49.4 Å². The quantitative estimate of drug-likeness (QED) is 0.763. The molecule has 0 radical (unpaired) electrons. The highest BCUT2D eigenvalue weighted by atomic mass is 35.5. The standard InChI is InChI=1S/C22H29ClN4O/c1-2-21-15-27(20(16-28-21)14-17-4-6-18(23)7-5-17)19-8-12-26(13-9-19)22-24-10-3-11-25-22/h3-7,10-11,19-21H,2,8-9,12-16H2,1H3/t20-,21-/m0/s1. The molecule has 0 saturated carbocycles. The predicted octanol–water partition coefficient (Wildman–Crippen LogP) is 3.82. The number of anilines is 1. The van der Waals surface area contributed by atoms with Gasteiger partial charge >= 0.3 is 0 Å². The maximum Gasteiger partial charge on any atom is 0.225 e. The molecule has 150 valence electrons. The third kappa shape index (κ3) is 4.65. The van der Waals surface area contributed by atoms with Crippen LogP contribution in [0.3, 0.4) is 0 Å². The maximum absolute atomic E-state index is 6.15. The Labute approximate surface area is 172 Å². The molecule has 3 heterocycles. The van der Waals surface area contributed by atoms with Gasteiger partial charge in [-0.2, -0.15) is 0 Å². The molecule has 4 rings (SSSR count). The van der Waals surface area contributed by atoms with Crippen LogP contribution in [0.25, 0.3) is 0 Å². The number of hydrogen-bond donors (Lipinski definition) is 0. The van der Waals surface area contributed by atoms with Crippen LogP contribution in [-0.2, 0) is 11.2 Å². The van der Waals surface area contributed by atoms with Gasteiger partial charge in [0.05, 0.1) is 12.7 Å². The number of morpholine rings is 1. The van der Waals surface area contributed by atoms with Crippen LogP contribution in [0.4, 0.5) is 5.95 Å². The lowest BCUT2D eigenvalue weighted by molar-refractivity contribution is -0.0828. The van der Waals surface area contributed by atoms with E-state index in [4.69, 9.17) is 16.3 Å². The van der Waals surface area contributed by atoms with Crippen LogP contribution in [0.15, 0.2) is 42.7 Å². The van der Waals surface area contributed by atoms with E-state index in [1.165, 1.54) is 5.56 Å². The summed E-state index contributed by atoms with van der Waals surface area (Å²) in [6.07, 6.45) is 8.36. The van der Waals surface area contributed by atoms with E-state index in [-0.39, 0.29) is 0 Å². The molecule has 6 heteroatoms. The fourth-order valence-electron chi connectivity index (χ4n) is 4.39. The SMILES string of the molecule is CC[C@H]1CN(C2CCN(c3ncccn3)CC2)[C@@H](Cc2ccc(Cl)cc2)CO1. The van der Waals surface area contributed by atoms with Crippen molar-refractivity contribution < 1.29 is 4.74 Å². The molecule has 1 aromatic carbocycles. The zero-order valence-corrected chi connectivity index (χ0v) is 17.3. The van der Waals surface area contributed by atoms with Crippen molar-refractivity contribution in [2.75, 3.05) is 31.1 Å². The average molecular weight is 401 g/mol. The van der Waals surface area contributed by atoms with E-state index in [0.717, 1.165) is 62.9 Å². The Morgan fingerprint density at radius 2 is 1.82 bits per heavy atom. The third-order valence-electron chi connectivity index (χ3n) is 6.02. The second-order valence-corrected chi connectivity index (χ2v) is 8.25. The highest BCUT2D eigenvalue weighted by molar-refractivity contribution is 6.30.